The summed E-state index contributed by atoms with van der Waals surface area (Å²) in [4.78, 5) is 0. The van der Waals surface area contributed by atoms with Gasteiger partial charge >= 0.3 is 0 Å². The molecule has 166 valence electrons. The first-order valence-electron chi connectivity index (χ1n) is 12.8. The fraction of sp³-hybridized carbons (Fsp3) is 0.852. The van der Waals surface area contributed by atoms with Crippen molar-refractivity contribution >= 4 is 0 Å². The van der Waals surface area contributed by atoms with Crippen molar-refractivity contribution in [2.45, 2.75) is 97.0 Å². The minimum Gasteiger partial charge on any atom is -0.393 e. The summed E-state index contributed by atoms with van der Waals surface area (Å²) < 4.78 is 6.89. The fourth-order valence-corrected chi connectivity index (χ4v) is 9.08. The second-order valence-electron chi connectivity index (χ2n) is 12.2. The van der Waals surface area contributed by atoms with Crippen LogP contribution >= 0.6 is 0 Å². The van der Waals surface area contributed by atoms with Crippen molar-refractivity contribution in [3.63, 3.8) is 0 Å². The van der Waals surface area contributed by atoms with E-state index in [-0.39, 0.29) is 6.10 Å². The average Bonchev–Trinajstić information content (AvgIpc) is 3.09. The van der Waals surface area contributed by atoms with Gasteiger partial charge in [-0.2, -0.15) is 0 Å². The van der Waals surface area contributed by atoms with Crippen LogP contribution in [0.15, 0.2) is 22.8 Å². The van der Waals surface area contributed by atoms with E-state index in [1.165, 1.54) is 32.1 Å². The zero-order chi connectivity index (χ0) is 20.8. The first kappa shape index (κ1) is 20.0. The van der Waals surface area contributed by atoms with Gasteiger partial charge in [0.25, 0.3) is 0 Å². The number of ether oxygens (including phenoxy) is 1. The number of allylic oxidation sites excluding steroid dienone is 2. The summed E-state index contributed by atoms with van der Waals surface area (Å²) in [7, 11) is 0. The molecule has 2 saturated heterocycles. The number of fused-ring (bicyclic) bond motifs is 7. The summed E-state index contributed by atoms with van der Waals surface area (Å²) in [6.07, 6.45) is 11.3. The molecule has 2 saturated carbocycles. The van der Waals surface area contributed by atoms with E-state index in [9.17, 15) is 5.11 Å². The molecule has 3 nitrogen and oxygen atoms in total. The number of rotatable bonds is 0. The summed E-state index contributed by atoms with van der Waals surface area (Å²) in [5.41, 5.74) is 5.39. The Labute approximate surface area is 182 Å². The number of hydrogen-bond donors (Lipinski definition) is 2. The van der Waals surface area contributed by atoms with E-state index in [4.69, 9.17) is 4.74 Å². The van der Waals surface area contributed by atoms with Crippen molar-refractivity contribution in [2.24, 2.45) is 40.9 Å². The minimum atomic E-state index is -0.110. The first-order chi connectivity index (χ1) is 14.4. The number of hydrogen-bond acceptors (Lipinski definition) is 3. The van der Waals surface area contributed by atoms with E-state index < -0.39 is 0 Å². The Balaban J connectivity index is 1.32. The molecule has 2 N–H and O–H groups in total. The van der Waals surface area contributed by atoms with E-state index in [0.29, 0.717) is 35.5 Å². The highest BCUT2D eigenvalue weighted by molar-refractivity contribution is 5.35. The largest absolute Gasteiger partial charge is 0.393 e. The van der Waals surface area contributed by atoms with Gasteiger partial charge in [0.05, 0.1) is 18.3 Å². The molecule has 11 atom stereocenters. The molecule has 0 amide bonds. The third-order valence-electron chi connectivity index (χ3n) is 10.7. The van der Waals surface area contributed by atoms with E-state index in [0.717, 1.165) is 43.1 Å². The lowest BCUT2D eigenvalue weighted by molar-refractivity contribution is -0.143. The van der Waals surface area contributed by atoms with E-state index in [1.54, 1.807) is 11.1 Å². The lowest BCUT2D eigenvalue weighted by Crippen LogP contribution is -2.61. The van der Waals surface area contributed by atoms with Crippen molar-refractivity contribution < 1.29 is 9.84 Å². The molecule has 0 aromatic heterocycles. The highest BCUT2D eigenvalue weighted by Crippen LogP contribution is 2.64. The maximum atomic E-state index is 10.3. The molecule has 6 aliphatic rings. The van der Waals surface area contributed by atoms with Crippen LogP contribution in [-0.2, 0) is 4.74 Å². The number of piperidine rings is 1. The van der Waals surface area contributed by atoms with Gasteiger partial charge in [-0.15, -0.1) is 0 Å². The molecule has 0 bridgehead atoms. The monoisotopic (exact) mass is 411 g/mol. The Kier molecular flexibility index (Phi) is 4.62. The van der Waals surface area contributed by atoms with Gasteiger partial charge in [0.1, 0.15) is 0 Å². The fourth-order valence-electron chi connectivity index (χ4n) is 9.08. The summed E-state index contributed by atoms with van der Waals surface area (Å²) >= 11 is 0. The van der Waals surface area contributed by atoms with E-state index in [2.05, 4.69) is 39.1 Å². The van der Waals surface area contributed by atoms with Crippen LogP contribution in [0.4, 0.5) is 0 Å². The highest BCUT2D eigenvalue weighted by Gasteiger charge is 2.57. The molecule has 0 unspecified atom stereocenters. The zero-order valence-corrected chi connectivity index (χ0v) is 19.4. The predicted octanol–water partition coefficient (Wildman–Crippen LogP) is 4.86. The maximum absolute atomic E-state index is 10.3. The third-order valence-corrected chi connectivity index (χ3v) is 10.7. The van der Waals surface area contributed by atoms with E-state index in [1.807, 2.05) is 5.57 Å². The summed E-state index contributed by atoms with van der Waals surface area (Å²) in [6, 6.07) is 0.531. The molecule has 30 heavy (non-hydrogen) atoms. The summed E-state index contributed by atoms with van der Waals surface area (Å²) in [5.74, 6) is 4.30. The second-order valence-corrected chi connectivity index (χ2v) is 12.2. The van der Waals surface area contributed by atoms with Crippen LogP contribution in [0.25, 0.3) is 0 Å². The Morgan fingerprint density at radius 2 is 2.00 bits per heavy atom. The average molecular weight is 412 g/mol. The van der Waals surface area contributed by atoms with Crippen LogP contribution in [-0.4, -0.2) is 36.0 Å². The highest BCUT2D eigenvalue weighted by atomic mass is 16.5. The Morgan fingerprint density at radius 1 is 1.17 bits per heavy atom. The van der Waals surface area contributed by atoms with Crippen molar-refractivity contribution in [1.82, 2.24) is 5.32 Å². The second kappa shape index (κ2) is 6.93. The smallest absolute Gasteiger partial charge is 0.0737 e. The van der Waals surface area contributed by atoms with Gasteiger partial charge in [-0.1, -0.05) is 43.6 Å². The van der Waals surface area contributed by atoms with E-state index >= 15 is 0 Å². The summed E-state index contributed by atoms with van der Waals surface area (Å²) in [6.45, 7) is 11.0. The molecule has 0 spiro atoms. The van der Waals surface area contributed by atoms with Crippen LogP contribution in [0, 0.1) is 40.9 Å². The Hall–Kier alpha value is -0.640. The normalized spacial score (nSPS) is 55.0. The van der Waals surface area contributed by atoms with Gasteiger partial charge < -0.3 is 15.2 Å². The molecule has 3 heteroatoms. The van der Waals surface area contributed by atoms with Gasteiger partial charge in [0, 0.05) is 12.0 Å². The molecule has 6 rings (SSSR count). The molecule has 4 fully saturated rings. The van der Waals surface area contributed by atoms with Crippen LogP contribution in [0.1, 0.15) is 72.6 Å². The molecule has 4 aliphatic carbocycles. The van der Waals surface area contributed by atoms with Crippen molar-refractivity contribution in [3.8, 4) is 0 Å². The van der Waals surface area contributed by atoms with Crippen LogP contribution < -0.4 is 5.32 Å². The quantitative estimate of drug-likeness (QED) is 0.560. The van der Waals surface area contributed by atoms with Crippen molar-refractivity contribution in [1.29, 1.82) is 0 Å². The molecule has 0 aromatic carbocycles. The number of aliphatic hydroxyl groups is 1. The molecular weight excluding hydrogens is 370 g/mol. The Bertz CT molecular complexity index is 786. The van der Waals surface area contributed by atoms with Gasteiger partial charge in [0.15, 0.2) is 0 Å². The third kappa shape index (κ3) is 2.74. The van der Waals surface area contributed by atoms with Crippen molar-refractivity contribution in [2.75, 3.05) is 6.54 Å². The van der Waals surface area contributed by atoms with Gasteiger partial charge in [-0.05, 0) is 93.4 Å². The van der Waals surface area contributed by atoms with Gasteiger partial charge in [0.2, 0.25) is 0 Å². The topological polar surface area (TPSA) is 41.5 Å². The maximum Gasteiger partial charge on any atom is 0.0737 e. The van der Waals surface area contributed by atoms with Crippen LogP contribution in [0.3, 0.4) is 0 Å². The molecule has 2 heterocycles. The molecular formula is C27H41NO2. The number of aliphatic hydroxyl groups excluding tert-OH is 1. The summed E-state index contributed by atoms with van der Waals surface area (Å²) in [5, 5.41) is 14.1. The van der Waals surface area contributed by atoms with Crippen molar-refractivity contribution in [3.05, 3.63) is 22.8 Å². The first-order valence-corrected chi connectivity index (χ1v) is 12.8. The lowest BCUT2D eigenvalue weighted by atomic mass is 9.56. The standard InChI is InChI=1S/C27H41NO2/c1-14-9-24-26(28-13-14)16(3)25-15(2)20-11-22-19(21(20)12-23(25)30-24)6-5-17-10-18(29)7-8-27(17,22)4/h5,14,16,18-19,21-26,28-29H,6-13H2,1-4H3/t14-,16-,18-,19-,21-,22-,23-,24-,25+,26-,27-/m1/s1. The Morgan fingerprint density at radius 3 is 2.83 bits per heavy atom. The zero-order valence-electron chi connectivity index (χ0n) is 19.4. The van der Waals surface area contributed by atoms with Crippen LogP contribution in [0.5, 0.6) is 0 Å². The predicted molar refractivity (Wildman–Crippen MR) is 120 cm³/mol. The number of nitrogens with one attached hydrogen (secondary N) is 1. The minimum absolute atomic E-state index is 0.110. The molecule has 0 radical (unpaired) electrons. The van der Waals surface area contributed by atoms with Gasteiger partial charge in [-0.3, -0.25) is 0 Å². The van der Waals surface area contributed by atoms with Crippen LogP contribution in [0.2, 0.25) is 0 Å². The molecule has 0 aromatic rings. The SMILES string of the molecule is CC1=C2C[C@@H]3[C@H](CC=C4C[C@H](O)CC[C@]43C)[C@H]2C[C@H]2O[C@@H]3C[C@@H](C)CN[C@@H]3[C@H](C)[C@H]12. The lowest BCUT2D eigenvalue weighted by Gasteiger charge is -2.53. The molecule has 2 aliphatic heterocycles. The van der Waals surface area contributed by atoms with Gasteiger partial charge in [-0.25, -0.2) is 0 Å².